The minimum absolute atomic E-state index is 0.290. The van der Waals surface area contributed by atoms with Crippen LogP contribution in [0.5, 0.6) is 0 Å². The van der Waals surface area contributed by atoms with Crippen molar-refractivity contribution in [3.05, 3.63) is 24.3 Å². The fourth-order valence-corrected chi connectivity index (χ4v) is 3.48. The van der Waals surface area contributed by atoms with Crippen LogP contribution in [0.15, 0.2) is 29.2 Å². The molecule has 1 aromatic carbocycles. The molecule has 0 spiro atoms. The van der Waals surface area contributed by atoms with Crippen molar-refractivity contribution < 1.29 is 8.42 Å². The Morgan fingerprint density at radius 2 is 2.00 bits per heavy atom. The molecule has 1 aliphatic rings. The Kier molecular flexibility index (Phi) is 4.67. The maximum absolute atomic E-state index is 11.7. The van der Waals surface area contributed by atoms with E-state index in [2.05, 4.69) is 16.5 Å². The highest BCUT2D eigenvalue weighted by Crippen LogP contribution is 2.28. The Bertz CT molecular complexity index is 542. The zero-order valence-electron chi connectivity index (χ0n) is 12.0. The molecule has 1 heterocycles. The number of nitrogens with one attached hydrogen (secondary N) is 1. The van der Waals surface area contributed by atoms with Crippen LogP contribution < -0.4 is 15.4 Å². The molecule has 0 bridgehead atoms. The van der Waals surface area contributed by atoms with E-state index in [4.69, 9.17) is 5.73 Å². The summed E-state index contributed by atoms with van der Waals surface area (Å²) >= 11 is 0. The molecular formula is C14H23N3O2S. The third kappa shape index (κ3) is 3.13. The summed E-state index contributed by atoms with van der Waals surface area (Å²) in [7, 11) is -1.95. The molecule has 0 radical (unpaired) electrons. The fourth-order valence-electron chi connectivity index (χ4n) is 2.75. The molecule has 1 fully saturated rings. The molecule has 0 aromatic heterocycles. The van der Waals surface area contributed by atoms with Crippen molar-refractivity contribution >= 4 is 15.7 Å². The van der Waals surface area contributed by atoms with E-state index < -0.39 is 10.0 Å². The monoisotopic (exact) mass is 297 g/mol. The summed E-state index contributed by atoms with van der Waals surface area (Å²) in [4.78, 5) is 2.58. The van der Waals surface area contributed by atoms with Crippen LogP contribution in [0.25, 0.3) is 0 Å². The molecule has 5 nitrogen and oxygen atoms in total. The van der Waals surface area contributed by atoms with E-state index in [-0.39, 0.29) is 0 Å². The van der Waals surface area contributed by atoms with E-state index in [0.29, 0.717) is 23.4 Å². The molecule has 3 N–H and O–H groups in total. The summed E-state index contributed by atoms with van der Waals surface area (Å²) in [6.45, 7) is 3.85. The van der Waals surface area contributed by atoms with Gasteiger partial charge in [-0.15, -0.1) is 0 Å². The Morgan fingerprint density at radius 3 is 2.55 bits per heavy atom. The minimum atomic E-state index is -3.37. The second-order valence-electron chi connectivity index (χ2n) is 5.41. The molecule has 1 aromatic rings. The number of nitrogens with two attached hydrogens (primary N) is 1. The molecule has 2 rings (SSSR count). The van der Waals surface area contributed by atoms with Crippen molar-refractivity contribution in [3.8, 4) is 0 Å². The Labute approximate surface area is 121 Å². The molecule has 20 heavy (non-hydrogen) atoms. The molecule has 1 saturated heterocycles. The largest absolute Gasteiger partial charge is 0.367 e. The van der Waals surface area contributed by atoms with Gasteiger partial charge in [0.2, 0.25) is 10.0 Å². The van der Waals surface area contributed by atoms with E-state index in [1.165, 1.54) is 7.05 Å². The summed E-state index contributed by atoms with van der Waals surface area (Å²) in [5.41, 5.74) is 6.91. The number of sulfonamides is 1. The van der Waals surface area contributed by atoms with Crippen LogP contribution in [0.3, 0.4) is 0 Å². The highest BCUT2D eigenvalue weighted by Gasteiger charge is 2.25. The van der Waals surface area contributed by atoms with Gasteiger partial charge in [-0.05, 0) is 50.1 Å². The average molecular weight is 297 g/mol. The minimum Gasteiger partial charge on any atom is -0.367 e. The number of hydrogen-bond donors (Lipinski definition) is 2. The zero-order chi connectivity index (χ0) is 14.8. The van der Waals surface area contributed by atoms with Crippen molar-refractivity contribution in [2.45, 2.75) is 30.7 Å². The molecule has 0 amide bonds. The van der Waals surface area contributed by atoms with Gasteiger partial charge in [-0.25, -0.2) is 13.1 Å². The Morgan fingerprint density at radius 1 is 1.35 bits per heavy atom. The van der Waals surface area contributed by atoms with Gasteiger partial charge in [0.15, 0.2) is 0 Å². The van der Waals surface area contributed by atoms with E-state index in [1.807, 2.05) is 12.1 Å². The highest BCUT2D eigenvalue weighted by atomic mass is 32.2. The van der Waals surface area contributed by atoms with Crippen molar-refractivity contribution in [2.75, 3.05) is 25.0 Å². The number of rotatable bonds is 4. The SMILES string of the molecule is CNS(=O)(=O)c1ccc(N2CCC(C)CC2CN)cc1. The van der Waals surface area contributed by atoms with E-state index in [1.54, 1.807) is 12.1 Å². The first-order valence-corrected chi connectivity index (χ1v) is 8.46. The van der Waals surface area contributed by atoms with Crippen molar-refractivity contribution in [2.24, 2.45) is 11.7 Å². The standard InChI is InChI=1S/C14H23N3O2S/c1-11-7-8-17(13(9-11)10-15)12-3-5-14(6-4-12)20(18,19)16-2/h3-6,11,13,16H,7-10,15H2,1-2H3. The molecule has 6 heteroatoms. The third-order valence-corrected chi connectivity index (χ3v) is 5.43. The van der Waals surface area contributed by atoms with Crippen LogP contribution in [0.4, 0.5) is 5.69 Å². The number of anilines is 1. The van der Waals surface area contributed by atoms with Gasteiger partial charge in [-0.3, -0.25) is 0 Å². The smallest absolute Gasteiger partial charge is 0.240 e. The maximum atomic E-state index is 11.7. The summed E-state index contributed by atoms with van der Waals surface area (Å²) in [5, 5.41) is 0. The predicted molar refractivity (Wildman–Crippen MR) is 81.3 cm³/mol. The Hall–Kier alpha value is -1.11. The molecule has 2 unspecified atom stereocenters. The van der Waals surface area contributed by atoms with Gasteiger partial charge in [0.1, 0.15) is 0 Å². The summed E-state index contributed by atoms with van der Waals surface area (Å²) in [6.07, 6.45) is 2.24. The van der Waals surface area contributed by atoms with Crippen LogP contribution in [-0.2, 0) is 10.0 Å². The van der Waals surface area contributed by atoms with Gasteiger partial charge < -0.3 is 10.6 Å². The summed E-state index contributed by atoms with van der Waals surface area (Å²) in [6, 6.07) is 7.36. The lowest BCUT2D eigenvalue weighted by Gasteiger charge is -2.39. The zero-order valence-corrected chi connectivity index (χ0v) is 12.9. The molecular weight excluding hydrogens is 274 g/mol. The van der Waals surface area contributed by atoms with Crippen molar-refractivity contribution in [1.29, 1.82) is 0 Å². The second kappa shape index (κ2) is 6.11. The second-order valence-corrected chi connectivity index (χ2v) is 7.30. The molecule has 2 atom stereocenters. The highest BCUT2D eigenvalue weighted by molar-refractivity contribution is 7.89. The molecule has 112 valence electrons. The first kappa shape index (κ1) is 15.3. The van der Waals surface area contributed by atoms with E-state index in [9.17, 15) is 8.42 Å². The first-order valence-electron chi connectivity index (χ1n) is 6.98. The quantitative estimate of drug-likeness (QED) is 0.874. The van der Waals surface area contributed by atoms with Crippen LogP contribution in [0, 0.1) is 5.92 Å². The van der Waals surface area contributed by atoms with Gasteiger partial charge in [-0.2, -0.15) is 0 Å². The summed E-state index contributed by atoms with van der Waals surface area (Å²) < 4.78 is 25.7. The van der Waals surface area contributed by atoms with Gasteiger partial charge in [0.25, 0.3) is 0 Å². The summed E-state index contributed by atoms with van der Waals surface area (Å²) in [5.74, 6) is 0.698. The number of nitrogens with zero attached hydrogens (tertiary/aromatic N) is 1. The van der Waals surface area contributed by atoms with Crippen molar-refractivity contribution in [3.63, 3.8) is 0 Å². The topological polar surface area (TPSA) is 75.4 Å². The first-order chi connectivity index (χ1) is 9.47. The lowest BCUT2D eigenvalue weighted by Crippen LogP contribution is -2.46. The van der Waals surface area contributed by atoms with Gasteiger partial charge in [0, 0.05) is 24.8 Å². The number of piperidine rings is 1. The normalized spacial score (nSPS) is 23.9. The lowest BCUT2D eigenvalue weighted by molar-refractivity contribution is 0.367. The molecule has 0 aliphatic carbocycles. The van der Waals surface area contributed by atoms with E-state index >= 15 is 0 Å². The number of hydrogen-bond acceptors (Lipinski definition) is 4. The van der Waals surface area contributed by atoms with Crippen LogP contribution in [0.1, 0.15) is 19.8 Å². The average Bonchev–Trinajstić information content (AvgIpc) is 2.47. The van der Waals surface area contributed by atoms with Gasteiger partial charge in [0.05, 0.1) is 4.90 Å². The van der Waals surface area contributed by atoms with Gasteiger partial charge in [-0.1, -0.05) is 6.92 Å². The van der Waals surface area contributed by atoms with Crippen molar-refractivity contribution in [1.82, 2.24) is 4.72 Å². The van der Waals surface area contributed by atoms with Crippen LogP contribution in [0.2, 0.25) is 0 Å². The number of benzene rings is 1. The molecule has 1 aliphatic heterocycles. The predicted octanol–water partition coefficient (Wildman–Crippen LogP) is 1.16. The Balaban J connectivity index is 2.21. The van der Waals surface area contributed by atoms with Gasteiger partial charge >= 0.3 is 0 Å². The van der Waals surface area contributed by atoms with Crippen LogP contribution in [-0.4, -0.2) is 34.6 Å². The molecule has 0 saturated carbocycles. The van der Waals surface area contributed by atoms with Crippen LogP contribution >= 0.6 is 0 Å². The maximum Gasteiger partial charge on any atom is 0.240 e. The fraction of sp³-hybridized carbons (Fsp3) is 0.571. The van der Waals surface area contributed by atoms with E-state index in [0.717, 1.165) is 25.1 Å². The lowest BCUT2D eigenvalue weighted by atomic mass is 9.92. The third-order valence-electron chi connectivity index (χ3n) is 4.00.